The standard InChI is InChI=1S/C24H25NO3.C12H17N3.C11H9ClO3.C11H10O4.C6H15N.CH2Cl2.CH3F.Cl2OS/c1-23(2,3)21-12-16-10-15(4-6-18(16)25-21)11-22(26)24(8-9-24)17-5-7-19-20(13-17)28-14-27-19;1-12(2,3)11-5-7-4-8(13)9(14)6-10(7)15-11;2*12-10(13)11(3-4-11)7-1-2-8-9(5-7)15-6-14-8;1-4-7(5-2)6-3;2-1-3;1-2;1-4(2)3/h4-7,10,12-13,25H,8-9,11,14H2,1-3H3;4-6,15H,13-14H2,1-3H3;1-2,5H,3-4,6H2;1-2,5H,3-4,6H2,(H,12,13);4-6H2,1-3H3;1H2;1H3;/i;;;;;;1D;. The van der Waals surface area contributed by atoms with Crippen LogP contribution in [0.15, 0.2) is 97.1 Å². The molecule has 0 saturated heterocycles. The summed E-state index contributed by atoms with van der Waals surface area (Å²) in [5, 5.41) is 11.3. The van der Waals surface area contributed by atoms with E-state index in [9.17, 15) is 18.8 Å². The molecule has 484 valence electrons. The molecule has 3 aliphatic heterocycles. The van der Waals surface area contributed by atoms with Crippen molar-refractivity contribution in [2.24, 2.45) is 0 Å². The number of ketones is 1. The first kappa shape index (κ1) is 70.3. The third-order valence-electron chi connectivity index (χ3n) is 16.2. The molecule has 3 saturated carbocycles. The van der Waals surface area contributed by atoms with Crippen molar-refractivity contribution in [1.29, 1.82) is 0 Å². The van der Waals surface area contributed by atoms with E-state index >= 15 is 0 Å². The normalized spacial score (nSPS) is 15.8. The predicted molar refractivity (Wildman–Crippen MR) is 357 cm³/mol. The van der Waals surface area contributed by atoms with Crippen LogP contribution >= 0.6 is 56.2 Å². The number of hydrogen-bond donors (Lipinski definition) is 5. The fourth-order valence-electron chi connectivity index (χ4n) is 10.3. The first-order chi connectivity index (χ1) is 42.6. The van der Waals surface area contributed by atoms with Crippen molar-refractivity contribution in [2.75, 3.05) is 64.0 Å². The largest absolute Gasteiger partial charge is 0.481 e. The highest BCUT2D eigenvalue weighted by Crippen LogP contribution is 2.54. The summed E-state index contributed by atoms with van der Waals surface area (Å²) in [6.07, 6.45) is 5.35. The molecule has 23 heteroatoms. The van der Waals surface area contributed by atoms with Gasteiger partial charge in [0.25, 0.3) is 0 Å². The molecular weight excluding hydrogens is 1270 g/mol. The van der Waals surface area contributed by atoms with E-state index in [2.05, 4.69) is 129 Å². The summed E-state index contributed by atoms with van der Waals surface area (Å²) in [5.41, 5.74) is 20.0. The van der Waals surface area contributed by atoms with E-state index in [0.29, 0.717) is 47.9 Å². The molecule has 7 aromatic rings. The minimum atomic E-state index is -1.67. The zero-order chi connectivity index (χ0) is 66.4. The molecule has 6 aliphatic rings. The number of nitrogens with zero attached hydrogens (tertiary/aromatic N) is 1. The number of H-pyrrole nitrogens is 2. The Labute approximate surface area is 548 Å². The summed E-state index contributed by atoms with van der Waals surface area (Å²) >= 11 is 15.1. The number of rotatable bonds is 11. The number of carbonyl (C=O) groups excluding carboxylic acids is 2. The second-order valence-corrected chi connectivity index (χ2v) is 27.6. The lowest BCUT2D eigenvalue weighted by molar-refractivity contribution is -0.140. The minimum absolute atomic E-state index is 0.0758. The number of Topliss-reactive ketones (excluding diaryl/α,β-unsaturated/α-hetero) is 1. The highest BCUT2D eigenvalue weighted by molar-refractivity contribution is 8.26. The van der Waals surface area contributed by atoms with Gasteiger partial charge in [0.15, 0.2) is 34.5 Å². The number of nitrogens with one attached hydrogen (secondary N) is 2. The van der Waals surface area contributed by atoms with Crippen molar-refractivity contribution in [2.45, 2.75) is 134 Å². The van der Waals surface area contributed by atoms with Crippen molar-refractivity contribution < 1.29 is 57.9 Å². The van der Waals surface area contributed by atoms with Gasteiger partial charge in [-0.15, -0.1) is 23.2 Å². The Balaban J connectivity index is 0.000000181. The topological polar surface area (TPSA) is 231 Å². The van der Waals surface area contributed by atoms with Gasteiger partial charge in [-0.2, -0.15) is 0 Å². The number of aromatic nitrogens is 2. The van der Waals surface area contributed by atoms with Crippen molar-refractivity contribution >= 4 is 116 Å². The molecule has 5 heterocycles. The Kier molecular flexibility index (Phi) is 24.7. The van der Waals surface area contributed by atoms with Crippen molar-refractivity contribution in [3.8, 4) is 34.5 Å². The fourth-order valence-corrected chi connectivity index (χ4v) is 10.5. The van der Waals surface area contributed by atoms with E-state index in [1.807, 2.05) is 54.6 Å². The smallest absolute Gasteiger partial charge is 0.314 e. The van der Waals surface area contributed by atoms with Crippen LogP contribution in [0.2, 0.25) is 0 Å². The first-order valence-corrected chi connectivity index (χ1v) is 33.2. The highest BCUT2D eigenvalue weighted by atomic mass is 36.0. The zero-order valence-corrected chi connectivity index (χ0v) is 56.2. The SMILES string of the molecule is CC(C)(C)c1cc2cc(CC(=O)C3(c4ccc5c(c4)OCO5)CC3)ccc2[nH]1.CC(C)(C)c1cc2cc(N)c(N)cc2[nH]1.CCN(CC)CC.ClCCl.O=C(Cl)C1(c2ccc3c(c2)OCO3)CC1.O=C(O)C1(c2ccc3c(c2)OCO3)CC1.O=S(Cl)Cl.[2H]CF. The summed E-state index contributed by atoms with van der Waals surface area (Å²) in [7, 11) is 6.36. The summed E-state index contributed by atoms with van der Waals surface area (Å²) in [6.45, 7) is 24.0. The van der Waals surface area contributed by atoms with Crippen molar-refractivity contribution in [1.82, 2.24) is 14.9 Å². The van der Waals surface area contributed by atoms with Gasteiger partial charge in [0.2, 0.25) is 34.8 Å². The maximum Gasteiger partial charge on any atom is 0.314 e. The highest BCUT2D eigenvalue weighted by Gasteiger charge is 2.53. The van der Waals surface area contributed by atoms with Crippen molar-refractivity contribution in [3.05, 3.63) is 131 Å². The van der Waals surface area contributed by atoms with Gasteiger partial charge in [-0.1, -0.05) is 86.6 Å². The second kappa shape index (κ2) is 31.3. The average Bonchev–Trinajstić information content (AvgIpc) is 1.64. The number of benzene rings is 5. The number of carbonyl (C=O) groups is 3. The molecule has 3 aliphatic carbocycles. The van der Waals surface area contributed by atoms with Gasteiger partial charge >= 0.3 is 5.97 Å². The Morgan fingerprint density at radius 3 is 1.31 bits per heavy atom. The van der Waals surface area contributed by atoms with Crippen LogP contribution in [-0.4, -0.2) is 93.7 Å². The van der Waals surface area contributed by atoms with Crippen molar-refractivity contribution in [3.63, 3.8) is 0 Å². The van der Waals surface area contributed by atoms with Gasteiger partial charge in [-0.3, -0.25) is 18.8 Å². The molecule has 89 heavy (non-hydrogen) atoms. The molecular formula is C66H81Cl5FN5O11S. The molecule has 0 bridgehead atoms. The van der Waals surface area contributed by atoms with E-state index in [-0.39, 0.29) is 53.0 Å². The molecule has 0 spiro atoms. The molecule has 3 fully saturated rings. The number of nitrogens with two attached hydrogens (primary N) is 2. The molecule has 0 radical (unpaired) electrons. The summed E-state index contributed by atoms with van der Waals surface area (Å²) < 4.78 is 56.4. The fraction of sp³-hybridized carbons (Fsp3) is 0.439. The number of aliphatic carboxylic acids is 1. The molecule has 0 amide bonds. The van der Waals surface area contributed by atoms with Crippen LogP contribution < -0.4 is 39.9 Å². The van der Waals surface area contributed by atoms with Gasteiger partial charge in [0.05, 0.1) is 41.5 Å². The summed E-state index contributed by atoms with van der Waals surface area (Å²) in [5.74, 6) is 3.84. The lowest BCUT2D eigenvalue weighted by Crippen LogP contribution is -2.22. The number of aromatic amines is 2. The number of halogens is 6. The van der Waals surface area contributed by atoms with Crippen LogP contribution in [0.4, 0.5) is 15.8 Å². The van der Waals surface area contributed by atoms with Crippen LogP contribution in [-0.2, 0) is 57.1 Å². The lowest BCUT2D eigenvalue weighted by Gasteiger charge is -2.15. The van der Waals surface area contributed by atoms with Gasteiger partial charge in [-0.25, -0.2) is 4.21 Å². The summed E-state index contributed by atoms with van der Waals surface area (Å²) in [4.78, 5) is 44.9. The number of alkyl halides is 3. The molecule has 0 atom stereocenters. The van der Waals surface area contributed by atoms with Crippen LogP contribution in [0.3, 0.4) is 0 Å². The number of carboxylic acid groups (broad SMARTS) is 1. The number of nitrogen functional groups attached to an aromatic ring is 2. The number of ether oxygens (including phenoxy) is 6. The number of fused-ring (bicyclic) bond motifs is 5. The molecule has 16 nitrogen and oxygen atoms in total. The molecule has 7 N–H and O–H groups in total. The monoisotopic (exact) mass is 1350 g/mol. The molecule has 2 aromatic heterocycles. The van der Waals surface area contributed by atoms with Crippen LogP contribution in [0, 0.1) is 0 Å². The van der Waals surface area contributed by atoms with Crippen LogP contribution in [0.25, 0.3) is 21.8 Å². The molecule has 5 aromatic carbocycles. The third kappa shape index (κ3) is 18.3. The zero-order valence-electron chi connectivity index (χ0n) is 52.7. The Bertz CT molecular complexity index is 3480. The third-order valence-corrected chi connectivity index (χ3v) is 16.5. The van der Waals surface area contributed by atoms with Crippen LogP contribution in [0.1, 0.15) is 136 Å². The first-order valence-electron chi connectivity index (χ1n) is 29.7. The maximum absolute atomic E-state index is 13.2. The van der Waals surface area contributed by atoms with E-state index in [1.165, 1.54) is 36.4 Å². The quantitative estimate of drug-likeness (QED) is 0.0461. The van der Waals surface area contributed by atoms with E-state index in [4.69, 9.17) is 85.4 Å². The van der Waals surface area contributed by atoms with Gasteiger partial charge < -0.3 is 59.9 Å². The summed E-state index contributed by atoms with van der Waals surface area (Å²) in [6, 6.07) is 31.3. The maximum atomic E-state index is 13.2. The van der Waals surface area contributed by atoms with E-state index in [0.717, 1.165) is 81.6 Å². The molecule has 0 unspecified atom stereocenters. The lowest BCUT2D eigenvalue weighted by atomic mass is 9.87. The van der Waals surface area contributed by atoms with Crippen LogP contribution in [0.5, 0.6) is 34.5 Å². The minimum Gasteiger partial charge on any atom is -0.481 e. The van der Waals surface area contributed by atoms with Gasteiger partial charge in [-0.05, 0) is 170 Å². The average molecular weight is 1350 g/mol. The van der Waals surface area contributed by atoms with Gasteiger partial charge in [0, 0.05) is 66.4 Å². The van der Waals surface area contributed by atoms with E-state index in [1.54, 1.807) is 12.1 Å². The van der Waals surface area contributed by atoms with Gasteiger partial charge in [0.1, 0.15) is 5.78 Å². The Hall–Kier alpha value is -6.12. The Morgan fingerprint density at radius 1 is 0.596 bits per heavy atom. The van der Waals surface area contributed by atoms with E-state index < -0.39 is 33.2 Å². The second-order valence-electron chi connectivity index (χ2n) is 23.9. The number of hydrogen-bond acceptors (Lipinski definition) is 13. The Morgan fingerprint density at radius 2 is 0.955 bits per heavy atom. The predicted octanol–water partition coefficient (Wildman–Crippen LogP) is 15.8. The number of carboxylic acids is 1. The number of anilines is 2. The molecule has 13 rings (SSSR count).